The zero-order valence-corrected chi connectivity index (χ0v) is 13.2. The van der Waals surface area contributed by atoms with Crippen molar-refractivity contribution in [2.45, 2.75) is 49.6 Å². The van der Waals surface area contributed by atoms with E-state index in [1.54, 1.807) is 6.92 Å². The first-order valence-corrected chi connectivity index (χ1v) is 8.92. The van der Waals surface area contributed by atoms with Gasteiger partial charge in [-0.2, -0.15) is 4.31 Å². The van der Waals surface area contributed by atoms with Crippen LogP contribution in [-0.4, -0.2) is 37.3 Å². The van der Waals surface area contributed by atoms with E-state index in [2.05, 4.69) is 5.32 Å². The standard InChI is InChI=1S/C15H19FN2O3S/c1-10-4-5-11(16)9-14(10)22(20,21)18-8-2-3-13(18)15(19)17-12-6-7-12/h4-5,9,12-13H,2-3,6-8H2,1H3,(H,17,19). The molecule has 0 spiro atoms. The molecule has 7 heteroatoms. The average molecular weight is 326 g/mol. The molecule has 1 heterocycles. The molecule has 1 N–H and O–H groups in total. The van der Waals surface area contributed by atoms with Crippen molar-refractivity contribution < 1.29 is 17.6 Å². The Morgan fingerprint density at radius 3 is 2.73 bits per heavy atom. The van der Waals surface area contributed by atoms with Crippen LogP contribution < -0.4 is 5.32 Å². The van der Waals surface area contributed by atoms with E-state index in [-0.39, 0.29) is 16.8 Å². The summed E-state index contributed by atoms with van der Waals surface area (Å²) < 4.78 is 40.3. The molecule has 1 aromatic rings. The monoisotopic (exact) mass is 326 g/mol. The van der Waals surface area contributed by atoms with Crippen molar-refractivity contribution in [3.63, 3.8) is 0 Å². The van der Waals surface area contributed by atoms with E-state index in [1.165, 1.54) is 16.4 Å². The summed E-state index contributed by atoms with van der Waals surface area (Å²) in [5.41, 5.74) is 0.481. The largest absolute Gasteiger partial charge is 0.352 e. The van der Waals surface area contributed by atoms with Gasteiger partial charge in [-0.3, -0.25) is 4.79 Å². The van der Waals surface area contributed by atoms with Gasteiger partial charge in [0.1, 0.15) is 11.9 Å². The first kappa shape index (κ1) is 15.4. The first-order chi connectivity index (χ1) is 10.4. The number of carbonyl (C=O) groups excluding carboxylic acids is 1. The highest BCUT2D eigenvalue weighted by Gasteiger charge is 2.41. The lowest BCUT2D eigenvalue weighted by atomic mass is 10.2. The molecular weight excluding hydrogens is 307 g/mol. The predicted octanol–water partition coefficient (Wildman–Crippen LogP) is 1.57. The summed E-state index contributed by atoms with van der Waals surface area (Å²) >= 11 is 0. The molecule has 1 saturated heterocycles. The number of sulfonamides is 1. The summed E-state index contributed by atoms with van der Waals surface area (Å²) in [5, 5.41) is 2.86. The summed E-state index contributed by atoms with van der Waals surface area (Å²) in [6.45, 7) is 1.92. The summed E-state index contributed by atoms with van der Waals surface area (Å²) in [6, 6.07) is 3.20. The third-order valence-corrected chi connectivity index (χ3v) is 6.22. The van der Waals surface area contributed by atoms with Gasteiger partial charge in [-0.15, -0.1) is 0 Å². The van der Waals surface area contributed by atoms with Gasteiger partial charge < -0.3 is 5.32 Å². The first-order valence-electron chi connectivity index (χ1n) is 7.48. The molecule has 22 heavy (non-hydrogen) atoms. The molecule has 2 fully saturated rings. The van der Waals surface area contributed by atoms with E-state index >= 15 is 0 Å². The number of rotatable bonds is 4. The Morgan fingerprint density at radius 2 is 2.05 bits per heavy atom. The minimum Gasteiger partial charge on any atom is -0.352 e. The van der Waals surface area contributed by atoms with Gasteiger partial charge in [-0.25, -0.2) is 12.8 Å². The lowest BCUT2D eigenvalue weighted by Gasteiger charge is -2.24. The third-order valence-electron chi connectivity index (χ3n) is 4.17. The molecule has 1 amide bonds. The number of hydrogen-bond acceptors (Lipinski definition) is 3. The van der Waals surface area contributed by atoms with Crippen molar-refractivity contribution in [2.75, 3.05) is 6.54 Å². The highest BCUT2D eigenvalue weighted by molar-refractivity contribution is 7.89. The van der Waals surface area contributed by atoms with Crippen LogP contribution in [0.15, 0.2) is 23.1 Å². The lowest BCUT2D eigenvalue weighted by molar-refractivity contribution is -0.124. The number of halogens is 1. The van der Waals surface area contributed by atoms with E-state index in [0.29, 0.717) is 24.9 Å². The molecule has 1 aromatic carbocycles. The minimum atomic E-state index is -3.87. The maximum atomic E-state index is 13.4. The smallest absolute Gasteiger partial charge is 0.244 e. The Labute approximate surface area is 129 Å². The Bertz CT molecular complexity index is 701. The number of nitrogens with one attached hydrogen (secondary N) is 1. The highest BCUT2D eigenvalue weighted by atomic mass is 32.2. The molecule has 0 aromatic heterocycles. The summed E-state index contributed by atoms with van der Waals surface area (Å²) in [6.07, 6.45) is 3.05. The van der Waals surface area contributed by atoms with Crippen LogP contribution >= 0.6 is 0 Å². The van der Waals surface area contributed by atoms with Crippen LogP contribution in [0.3, 0.4) is 0 Å². The quantitative estimate of drug-likeness (QED) is 0.913. The molecule has 1 saturated carbocycles. The third kappa shape index (κ3) is 2.87. The minimum absolute atomic E-state index is 0.0568. The molecule has 0 bridgehead atoms. The molecule has 1 atom stereocenters. The second-order valence-electron chi connectivity index (χ2n) is 5.97. The van der Waals surface area contributed by atoms with Gasteiger partial charge in [-0.05, 0) is 50.3 Å². The second-order valence-corrected chi connectivity index (χ2v) is 7.83. The number of hydrogen-bond donors (Lipinski definition) is 1. The van der Waals surface area contributed by atoms with Crippen molar-refractivity contribution >= 4 is 15.9 Å². The lowest BCUT2D eigenvalue weighted by Crippen LogP contribution is -2.46. The average Bonchev–Trinajstić information content (AvgIpc) is 3.13. The van der Waals surface area contributed by atoms with Gasteiger partial charge in [0.15, 0.2) is 0 Å². The Kier molecular flexibility index (Phi) is 3.94. The fourth-order valence-corrected chi connectivity index (χ4v) is 4.69. The molecule has 3 rings (SSSR count). The van der Waals surface area contributed by atoms with Crippen LogP contribution in [0, 0.1) is 12.7 Å². The SMILES string of the molecule is Cc1ccc(F)cc1S(=O)(=O)N1CCCC1C(=O)NC1CC1. The van der Waals surface area contributed by atoms with E-state index in [1.807, 2.05) is 0 Å². The molecule has 5 nitrogen and oxygen atoms in total. The van der Waals surface area contributed by atoms with Gasteiger partial charge >= 0.3 is 0 Å². The van der Waals surface area contributed by atoms with Gasteiger partial charge in [0.25, 0.3) is 0 Å². The van der Waals surface area contributed by atoms with E-state index in [4.69, 9.17) is 0 Å². The zero-order chi connectivity index (χ0) is 15.9. The number of carbonyl (C=O) groups is 1. The van der Waals surface area contributed by atoms with Crippen LogP contribution in [-0.2, 0) is 14.8 Å². The number of aryl methyl sites for hydroxylation is 1. The van der Waals surface area contributed by atoms with Crippen molar-refractivity contribution in [1.29, 1.82) is 0 Å². The number of nitrogens with zero attached hydrogens (tertiary/aromatic N) is 1. The number of amides is 1. The zero-order valence-electron chi connectivity index (χ0n) is 12.4. The Morgan fingerprint density at radius 1 is 1.32 bits per heavy atom. The van der Waals surface area contributed by atoms with Crippen LogP contribution in [0.1, 0.15) is 31.2 Å². The maximum Gasteiger partial charge on any atom is 0.244 e. The van der Waals surface area contributed by atoms with E-state index < -0.39 is 21.9 Å². The topological polar surface area (TPSA) is 66.5 Å². The van der Waals surface area contributed by atoms with E-state index in [0.717, 1.165) is 18.9 Å². The van der Waals surface area contributed by atoms with Crippen LogP contribution in [0.25, 0.3) is 0 Å². The molecule has 1 unspecified atom stereocenters. The van der Waals surface area contributed by atoms with Gasteiger partial charge in [0.05, 0.1) is 4.90 Å². The fourth-order valence-electron chi connectivity index (χ4n) is 2.79. The Balaban J connectivity index is 1.89. The van der Waals surface area contributed by atoms with E-state index in [9.17, 15) is 17.6 Å². The van der Waals surface area contributed by atoms with Gasteiger partial charge in [0, 0.05) is 12.6 Å². The second kappa shape index (κ2) is 5.62. The fraction of sp³-hybridized carbons (Fsp3) is 0.533. The molecule has 120 valence electrons. The normalized spacial score (nSPS) is 22.7. The Hall–Kier alpha value is -1.47. The predicted molar refractivity (Wildman–Crippen MR) is 79.2 cm³/mol. The molecule has 2 aliphatic rings. The molecule has 1 aliphatic carbocycles. The summed E-state index contributed by atoms with van der Waals surface area (Å²) in [5.74, 6) is -0.833. The van der Waals surface area contributed by atoms with Crippen LogP contribution in [0.5, 0.6) is 0 Å². The highest BCUT2D eigenvalue weighted by Crippen LogP contribution is 2.29. The molecule has 0 radical (unpaired) electrons. The van der Waals surface area contributed by atoms with Crippen LogP contribution in [0.4, 0.5) is 4.39 Å². The van der Waals surface area contributed by atoms with Gasteiger partial charge in [-0.1, -0.05) is 6.07 Å². The molecule has 1 aliphatic heterocycles. The van der Waals surface area contributed by atoms with Crippen molar-refractivity contribution in [2.24, 2.45) is 0 Å². The van der Waals surface area contributed by atoms with Gasteiger partial charge in [0.2, 0.25) is 15.9 Å². The maximum absolute atomic E-state index is 13.4. The van der Waals surface area contributed by atoms with Crippen LogP contribution in [0.2, 0.25) is 0 Å². The van der Waals surface area contributed by atoms with Crippen molar-refractivity contribution in [3.05, 3.63) is 29.6 Å². The molecular formula is C15H19FN2O3S. The summed E-state index contributed by atoms with van der Waals surface area (Å²) in [4.78, 5) is 12.2. The van der Waals surface area contributed by atoms with Crippen molar-refractivity contribution in [1.82, 2.24) is 9.62 Å². The van der Waals surface area contributed by atoms with Crippen molar-refractivity contribution in [3.8, 4) is 0 Å². The number of benzene rings is 1. The summed E-state index contributed by atoms with van der Waals surface area (Å²) in [7, 11) is -3.87.